The van der Waals surface area contributed by atoms with Gasteiger partial charge in [0.1, 0.15) is 5.75 Å². The number of para-hydroxylation sites is 1. The van der Waals surface area contributed by atoms with Crippen LogP contribution in [0.1, 0.15) is 28.8 Å². The first-order valence-corrected chi connectivity index (χ1v) is 9.36. The first-order chi connectivity index (χ1) is 13.0. The minimum Gasteiger partial charge on any atom is -0.496 e. The van der Waals surface area contributed by atoms with Crippen molar-refractivity contribution in [2.45, 2.75) is 19.8 Å². The average molecular weight is 387 g/mol. The van der Waals surface area contributed by atoms with E-state index in [1.807, 2.05) is 25.1 Å². The summed E-state index contributed by atoms with van der Waals surface area (Å²) in [5, 5.41) is 3.56. The van der Waals surface area contributed by atoms with E-state index >= 15 is 0 Å². The molecule has 0 bridgehead atoms. The molecule has 1 N–H and O–H groups in total. The van der Waals surface area contributed by atoms with Crippen LogP contribution in [0.15, 0.2) is 42.5 Å². The van der Waals surface area contributed by atoms with Gasteiger partial charge in [0.2, 0.25) is 5.91 Å². The van der Waals surface area contributed by atoms with E-state index in [4.69, 9.17) is 16.3 Å². The number of ether oxygens (including phenoxy) is 1. The van der Waals surface area contributed by atoms with Crippen LogP contribution in [-0.2, 0) is 4.79 Å². The predicted molar refractivity (Wildman–Crippen MR) is 106 cm³/mol. The van der Waals surface area contributed by atoms with Crippen LogP contribution in [-0.4, -0.2) is 36.9 Å². The van der Waals surface area contributed by atoms with Gasteiger partial charge in [-0.3, -0.25) is 9.59 Å². The number of halogens is 1. The van der Waals surface area contributed by atoms with Gasteiger partial charge in [-0.15, -0.1) is 0 Å². The smallest absolute Gasteiger partial charge is 0.257 e. The van der Waals surface area contributed by atoms with E-state index in [1.165, 1.54) is 0 Å². The van der Waals surface area contributed by atoms with Crippen molar-refractivity contribution in [3.63, 3.8) is 0 Å². The lowest BCUT2D eigenvalue weighted by Crippen LogP contribution is -2.41. The minimum absolute atomic E-state index is 0.0234. The number of carbonyl (C=O) groups is 2. The van der Waals surface area contributed by atoms with Crippen LogP contribution in [0.3, 0.4) is 0 Å². The summed E-state index contributed by atoms with van der Waals surface area (Å²) in [5.41, 5.74) is 2.26. The molecule has 0 unspecified atom stereocenters. The number of amides is 2. The van der Waals surface area contributed by atoms with Crippen LogP contribution in [0.25, 0.3) is 0 Å². The molecule has 1 heterocycles. The number of hydrogen-bond donors (Lipinski definition) is 1. The normalized spacial score (nSPS) is 14.7. The number of methoxy groups -OCH3 is 1. The van der Waals surface area contributed by atoms with Gasteiger partial charge in [-0.1, -0.05) is 29.8 Å². The topological polar surface area (TPSA) is 58.6 Å². The second kappa shape index (κ2) is 8.44. The lowest BCUT2D eigenvalue weighted by atomic mass is 9.95. The molecule has 0 spiro atoms. The van der Waals surface area contributed by atoms with E-state index < -0.39 is 0 Å². The first kappa shape index (κ1) is 19.2. The zero-order chi connectivity index (χ0) is 19.4. The van der Waals surface area contributed by atoms with Crippen LogP contribution >= 0.6 is 11.6 Å². The molecule has 0 aliphatic carbocycles. The van der Waals surface area contributed by atoms with Crippen LogP contribution in [0.2, 0.25) is 5.02 Å². The minimum atomic E-state index is -0.120. The molecule has 142 valence electrons. The molecule has 0 atom stereocenters. The molecule has 2 aromatic carbocycles. The first-order valence-electron chi connectivity index (χ1n) is 8.99. The molecule has 1 fully saturated rings. The van der Waals surface area contributed by atoms with Gasteiger partial charge in [0, 0.05) is 29.7 Å². The van der Waals surface area contributed by atoms with Gasteiger partial charge in [-0.05, 0) is 49.6 Å². The van der Waals surface area contributed by atoms with Gasteiger partial charge in [0.05, 0.1) is 12.7 Å². The third-order valence-electron chi connectivity index (χ3n) is 4.95. The summed E-state index contributed by atoms with van der Waals surface area (Å²) >= 11 is 6.02. The van der Waals surface area contributed by atoms with E-state index in [0.29, 0.717) is 42.3 Å². The fraction of sp³-hybridized carbons (Fsp3) is 0.333. The van der Waals surface area contributed by atoms with Crippen molar-refractivity contribution in [1.29, 1.82) is 0 Å². The van der Waals surface area contributed by atoms with E-state index in [0.717, 1.165) is 11.3 Å². The van der Waals surface area contributed by atoms with Gasteiger partial charge in [-0.25, -0.2) is 0 Å². The van der Waals surface area contributed by atoms with Crippen molar-refractivity contribution in [1.82, 2.24) is 4.90 Å². The summed E-state index contributed by atoms with van der Waals surface area (Å²) in [6.45, 7) is 3.02. The van der Waals surface area contributed by atoms with Gasteiger partial charge in [-0.2, -0.15) is 0 Å². The Morgan fingerprint density at radius 2 is 1.85 bits per heavy atom. The van der Waals surface area contributed by atoms with Crippen LogP contribution in [0.5, 0.6) is 5.75 Å². The lowest BCUT2D eigenvalue weighted by Gasteiger charge is -2.31. The molecular weight excluding hydrogens is 364 g/mol. The molecule has 3 rings (SSSR count). The number of hydrogen-bond acceptors (Lipinski definition) is 3. The quantitative estimate of drug-likeness (QED) is 0.858. The molecule has 0 saturated carbocycles. The SMILES string of the molecule is COc1ccccc1C(=O)N1CCC(C(=O)Nc2cc(Cl)ccc2C)CC1. The number of nitrogens with one attached hydrogen (secondary N) is 1. The summed E-state index contributed by atoms with van der Waals surface area (Å²) < 4.78 is 5.28. The Kier molecular flexibility index (Phi) is 6.01. The molecule has 1 aliphatic rings. The van der Waals surface area contributed by atoms with Crippen molar-refractivity contribution in [3.8, 4) is 5.75 Å². The maximum Gasteiger partial charge on any atom is 0.257 e. The summed E-state index contributed by atoms with van der Waals surface area (Å²) in [7, 11) is 1.56. The Morgan fingerprint density at radius 3 is 2.56 bits per heavy atom. The molecule has 27 heavy (non-hydrogen) atoms. The largest absolute Gasteiger partial charge is 0.496 e. The molecule has 0 aromatic heterocycles. The molecule has 2 aromatic rings. The third-order valence-corrected chi connectivity index (χ3v) is 5.18. The van der Waals surface area contributed by atoms with Crippen LogP contribution < -0.4 is 10.1 Å². The number of likely N-dealkylation sites (tertiary alicyclic amines) is 1. The summed E-state index contributed by atoms with van der Waals surface area (Å²) in [6.07, 6.45) is 1.26. The highest BCUT2D eigenvalue weighted by atomic mass is 35.5. The second-order valence-corrected chi connectivity index (χ2v) is 7.15. The fourth-order valence-electron chi connectivity index (χ4n) is 3.30. The number of carbonyl (C=O) groups excluding carboxylic acids is 2. The van der Waals surface area contributed by atoms with Gasteiger partial charge < -0.3 is 15.0 Å². The molecule has 1 aliphatic heterocycles. The Bertz CT molecular complexity index is 845. The number of benzene rings is 2. The molecule has 2 amide bonds. The summed E-state index contributed by atoms with van der Waals surface area (Å²) in [6, 6.07) is 12.6. The van der Waals surface area contributed by atoms with Gasteiger partial charge in [0.15, 0.2) is 0 Å². The Labute approximate surface area is 164 Å². The maximum atomic E-state index is 12.8. The number of nitrogens with zero attached hydrogens (tertiary/aromatic N) is 1. The van der Waals surface area contributed by atoms with Crippen molar-refractivity contribution >= 4 is 29.1 Å². The van der Waals surface area contributed by atoms with Crippen LogP contribution in [0, 0.1) is 12.8 Å². The Hall–Kier alpha value is -2.53. The van der Waals surface area contributed by atoms with E-state index in [2.05, 4.69) is 5.32 Å². The van der Waals surface area contributed by atoms with Crippen molar-refractivity contribution < 1.29 is 14.3 Å². The van der Waals surface area contributed by atoms with Crippen LogP contribution in [0.4, 0.5) is 5.69 Å². The number of piperidine rings is 1. The highest BCUT2D eigenvalue weighted by Crippen LogP contribution is 2.26. The monoisotopic (exact) mass is 386 g/mol. The standard InChI is InChI=1S/C21H23ClN2O3/c1-14-7-8-16(22)13-18(14)23-20(25)15-9-11-24(12-10-15)21(26)17-5-3-4-6-19(17)27-2/h3-8,13,15H,9-12H2,1-2H3,(H,23,25). The Balaban J connectivity index is 1.60. The summed E-state index contributed by atoms with van der Waals surface area (Å²) in [4.78, 5) is 27.1. The highest BCUT2D eigenvalue weighted by molar-refractivity contribution is 6.31. The number of anilines is 1. The molecule has 0 radical (unpaired) electrons. The molecule has 1 saturated heterocycles. The summed E-state index contributed by atoms with van der Waals surface area (Å²) in [5.74, 6) is 0.366. The maximum absolute atomic E-state index is 12.8. The molecule has 6 heteroatoms. The van der Waals surface area contributed by atoms with E-state index in [1.54, 1.807) is 36.3 Å². The third kappa shape index (κ3) is 4.42. The molecular formula is C21H23ClN2O3. The lowest BCUT2D eigenvalue weighted by molar-refractivity contribution is -0.121. The van der Waals surface area contributed by atoms with Crippen molar-refractivity contribution in [3.05, 3.63) is 58.6 Å². The van der Waals surface area contributed by atoms with E-state index in [-0.39, 0.29) is 17.7 Å². The van der Waals surface area contributed by atoms with Gasteiger partial charge >= 0.3 is 0 Å². The Morgan fingerprint density at radius 1 is 1.15 bits per heavy atom. The highest BCUT2D eigenvalue weighted by Gasteiger charge is 2.29. The average Bonchev–Trinajstić information content (AvgIpc) is 2.70. The van der Waals surface area contributed by atoms with Gasteiger partial charge in [0.25, 0.3) is 5.91 Å². The zero-order valence-corrected chi connectivity index (χ0v) is 16.3. The zero-order valence-electron chi connectivity index (χ0n) is 15.5. The van der Waals surface area contributed by atoms with Crippen molar-refractivity contribution in [2.75, 3.05) is 25.5 Å². The second-order valence-electron chi connectivity index (χ2n) is 6.72. The number of rotatable bonds is 4. The van der Waals surface area contributed by atoms with E-state index in [9.17, 15) is 9.59 Å². The molecule has 5 nitrogen and oxygen atoms in total. The fourth-order valence-corrected chi connectivity index (χ4v) is 3.47. The predicted octanol–water partition coefficient (Wildman–Crippen LogP) is 4.15. The number of aryl methyl sites for hydroxylation is 1. The van der Waals surface area contributed by atoms with Crippen molar-refractivity contribution in [2.24, 2.45) is 5.92 Å².